The van der Waals surface area contributed by atoms with Crippen LogP contribution in [0.25, 0.3) is 0 Å². The molecule has 11 rings (SSSR count). The largest absolute Gasteiger partial charge is 0.405 e. The van der Waals surface area contributed by atoms with Gasteiger partial charge in [-0.2, -0.15) is 0 Å². The summed E-state index contributed by atoms with van der Waals surface area (Å²) in [6, 6.07) is 38.2. The maximum atomic E-state index is 14.7. The van der Waals surface area contributed by atoms with E-state index in [1.165, 1.54) is 82.1 Å². The number of aromatic nitrogens is 4. The van der Waals surface area contributed by atoms with E-state index >= 15 is 0 Å². The average molecular weight is 1170 g/mol. The molecule has 0 saturated carbocycles. The normalized spacial score (nSPS) is 16.7. The highest BCUT2D eigenvalue weighted by Crippen LogP contribution is 2.14. The molecule has 24 nitrogen and oxygen atoms in total. The standard InChI is InChI=1S/C62H64N10O14/c1-67-51(23-13-25-53(67)73)61(81)68-33-11-12-34-69(62(82)52-24-14-26-54(74)70(52)84-37-42-17-5-2-6-18-42)36-16-32-64-56(76)46-28-30-50(72(60(46)80)86-39-44-21-9-4-10-22-44)58(78)66-48-41-83-40-47(48)65-57(77)49-29-27-45(55(75)63-31-15-35-68)59(79)71(49)85-38-43-19-7-3-8-20-43/h2-10,13-14,17-30,47-48H,11-12,15-16,31-41H2,1H3,(H,63,75)(H,64,76)(H,65,77)(H,66,78)/t47-,48+/m0/s1. The molecule has 3 aromatic carbocycles. The van der Waals surface area contributed by atoms with Crippen molar-refractivity contribution in [2.24, 2.45) is 7.05 Å². The Morgan fingerprint density at radius 1 is 0.442 bits per heavy atom. The molecular weight excluding hydrogens is 1110 g/mol. The van der Waals surface area contributed by atoms with Crippen LogP contribution in [0.1, 0.15) is 105 Å². The summed E-state index contributed by atoms with van der Waals surface area (Å²) in [4.78, 5) is 161. The van der Waals surface area contributed by atoms with Gasteiger partial charge in [-0.05, 0) is 78.8 Å². The third-order valence-corrected chi connectivity index (χ3v) is 14.4. The van der Waals surface area contributed by atoms with Crippen molar-refractivity contribution in [3.05, 3.63) is 244 Å². The minimum Gasteiger partial charge on any atom is -0.405 e. The van der Waals surface area contributed by atoms with Crippen LogP contribution in [0.3, 0.4) is 0 Å². The van der Waals surface area contributed by atoms with Gasteiger partial charge >= 0.3 is 0 Å². The van der Waals surface area contributed by atoms with E-state index in [2.05, 4.69) is 21.3 Å². The smallest absolute Gasteiger partial charge is 0.296 e. The maximum Gasteiger partial charge on any atom is 0.296 e. The number of fused-ring (bicyclic) bond motifs is 2. The number of carbonyl (C=O) groups is 6. The van der Waals surface area contributed by atoms with Crippen LogP contribution in [0.15, 0.2) is 171 Å². The molecule has 0 unspecified atom stereocenters. The minimum atomic E-state index is -0.972. The summed E-state index contributed by atoms with van der Waals surface area (Å²) in [6.07, 6.45) is 0.950. The van der Waals surface area contributed by atoms with E-state index in [9.17, 15) is 47.9 Å². The molecule has 86 heavy (non-hydrogen) atoms. The van der Waals surface area contributed by atoms with Crippen LogP contribution in [0.2, 0.25) is 0 Å². The number of pyridine rings is 4. The molecule has 8 heterocycles. The van der Waals surface area contributed by atoms with Crippen molar-refractivity contribution in [3.63, 3.8) is 0 Å². The van der Waals surface area contributed by atoms with Gasteiger partial charge in [0.1, 0.15) is 53.7 Å². The second-order valence-electron chi connectivity index (χ2n) is 20.3. The van der Waals surface area contributed by atoms with Gasteiger partial charge in [-0.1, -0.05) is 103 Å². The number of ether oxygens (including phenoxy) is 1. The van der Waals surface area contributed by atoms with Crippen LogP contribution in [0.5, 0.6) is 0 Å². The van der Waals surface area contributed by atoms with Crippen LogP contribution in [-0.4, -0.2) is 129 Å². The molecule has 24 heteroatoms. The lowest BCUT2D eigenvalue weighted by Gasteiger charge is -2.26. The minimum absolute atomic E-state index is 0.0260. The van der Waals surface area contributed by atoms with E-state index in [0.717, 1.165) is 19.8 Å². The fraction of sp³-hybridized carbons (Fsp3) is 0.290. The first kappa shape index (κ1) is 60.2. The Bertz CT molecular complexity index is 3830. The Balaban J connectivity index is 1.03. The van der Waals surface area contributed by atoms with E-state index in [1.54, 1.807) is 72.8 Å². The number of hydrogen-bond acceptors (Lipinski definition) is 14. The Morgan fingerprint density at radius 2 is 0.837 bits per heavy atom. The van der Waals surface area contributed by atoms with Gasteiger partial charge < -0.3 is 54.9 Å². The van der Waals surface area contributed by atoms with E-state index in [0.29, 0.717) is 24.0 Å². The van der Waals surface area contributed by atoms with Crippen molar-refractivity contribution in [1.29, 1.82) is 0 Å². The monoisotopic (exact) mass is 1170 g/mol. The molecule has 446 valence electrons. The zero-order chi connectivity index (χ0) is 60.5. The Hall–Kier alpha value is -10.4. The zero-order valence-electron chi connectivity index (χ0n) is 47.1. The lowest BCUT2D eigenvalue weighted by Crippen LogP contribution is -2.52. The van der Waals surface area contributed by atoms with Gasteiger partial charge in [-0.3, -0.25) is 47.9 Å². The number of nitrogens with zero attached hydrogens (tertiary/aromatic N) is 6. The molecular formula is C62H64N10O14. The van der Waals surface area contributed by atoms with Gasteiger partial charge in [-0.15, -0.1) is 14.2 Å². The maximum absolute atomic E-state index is 14.7. The van der Waals surface area contributed by atoms with Crippen LogP contribution in [-0.2, 0) is 31.6 Å². The molecule has 4 aliphatic rings. The second-order valence-corrected chi connectivity index (χ2v) is 20.3. The topological polar surface area (TPSA) is 282 Å². The van der Waals surface area contributed by atoms with Gasteiger partial charge in [0.2, 0.25) is 0 Å². The second kappa shape index (κ2) is 28.8. The Morgan fingerprint density at radius 3 is 1.29 bits per heavy atom. The summed E-state index contributed by atoms with van der Waals surface area (Å²) in [5, 5.41) is 11.1. The van der Waals surface area contributed by atoms with Crippen molar-refractivity contribution >= 4 is 35.4 Å². The molecule has 1 saturated heterocycles. The van der Waals surface area contributed by atoms with Gasteiger partial charge in [-0.25, -0.2) is 0 Å². The first-order valence-corrected chi connectivity index (χ1v) is 28.0. The first-order chi connectivity index (χ1) is 41.7. The summed E-state index contributed by atoms with van der Waals surface area (Å²) in [5.41, 5.74) is -2.23. The third kappa shape index (κ3) is 14.9. The van der Waals surface area contributed by atoms with Gasteiger partial charge in [0.05, 0.1) is 25.3 Å². The number of nitrogens with one attached hydrogen (secondary N) is 4. The molecule has 0 radical (unpaired) electrons. The molecule has 0 aliphatic carbocycles. The van der Waals surface area contributed by atoms with Crippen molar-refractivity contribution in [3.8, 4) is 0 Å². The highest BCUT2D eigenvalue weighted by molar-refractivity contribution is 5.98. The molecule has 4 aromatic heterocycles. The summed E-state index contributed by atoms with van der Waals surface area (Å²) in [5.74, 6) is -4.31. The molecule has 4 N–H and O–H groups in total. The van der Waals surface area contributed by atoms with Crippen LogP contribution < -0.4 is 58.0 Å². The Kier molecular flexibility index (Phi) is 20.1. The van der Waals surface area contributed by atoms with Gasteiger partial charge in [0.15, 0.2) is 0 Å². The highest BCUT2D eigenvalue weighted by atomic mass is 16.7. The fourth-order valence-corrected chi connectivity index (χ4v) is 9.68. The van der Waals surface area contributed by atoms with E-state index in [4.69, 9.17) is 19.2 Å². The van der Waals surface area contributed by atoms with Crippen LogP contribution >= 0.6 is 0 Å². The van der Waals surface area contributed by atoms with Crippen molar-refractivity contribution < 1.29 is 48.0 Å². The number of amides is 6. The van der Waals surface area contributed by atoms with E-state index in [-0.39, 0.29) is 119 Å². The molecule has 6 amide bonds. The molecule has 4 bridgehead atoms. The van der Waals surface area contributed by atoms with Crippen molar-refractivity contribution in [2.75, 3.05) is 52.5 Å². The summed E-state index contributed by atoms with van der Waals surface area (Å²) in [6.45, 7) is -0.350. The molecule has 0 spiro atoms. The van der Waals surface area contributed by atoms with Gasteiger partial charge in [0, 0.05) is 58.4 Å². The molecule has 7 aromatic rings. The SMILES string of the molecule is Cn1c(C(=O)N2CCCCN(C(=O)c3cccc(=O)n3OCc3ccccc3)CCCNC(=O)c3ccc(n(OCc4ccccc4)c3=O)C(=O)N[C@@H]3COC[C@@H]3NC(=O)c3ccc(c(=O)n3OCc3ccccc3)C(=O)NCCC2)cccc1=O. The molecule has 2 atom stereocenters. The van der Waals surface area contributed by atoms with Crippen molar-refractivity contribution in [1.82, 2.24) is 49.8 Å². The average Bonchev–Trinajstić information content (AvgIpc) is 2.31. The number of benzene rings is 3. The van der Waals surface area contributed by atoms with Crippen molar-refractivity contribution in [2.45, 2.75) is 57.6 Å². The number of hydrogen-bond donors (Lipinski definition) is 4. The van der Waals surface area contributed by atoms with E-state index in [1.807, 2.05) is 18.2 Å². The van der Waals surface area contributed by atoms with E-state index < -0.39 is 69.8 Å². The predicted molar refractivity (Wildman–Crippen MR) is 312 cm³/mol. The summed E-state index contributed by atoms with van der Waals surface area (Å²) >= 11 is 0. The van der Waals surface area contributed by atoms with Crippen LogP contribution in [0.4, 0.5) is 0 Å². The fourth-order valence-electron chi connectivity index (χ4n) is 9.68. The third-order valence-electron chi connectivity index (χ3n) is 14.4. The quantitative estimate of drug-likeness (QED) is 0.144. The number of rotatable bonds is 11. The first-order valence-electron chi connectivity index (χ1n) is 28.0. The lowest BCUT2D eigenvalue weighted by atomic mass is 10.1. The lowest BCUT2D eigenvalue weighted by molar-refractivity contribution is 0.0576. The van der Waals surface area contributed by atoms with Gasteiger partial charge in [0.25, 0.3) is 57.7 Å². The molecule has 4 aliphatic heterocycles. The predicted octanol–water partition coefficient (Wildman–Crippen LogP) is 2.00. The summed E-state index contributed by atoms with van der Waals surface area (Å²) in [7, 11) is 1.47. The molecule has 1 fully saturated rings. The van der Waals surface area contributed by atoms with Crippen LogP contribution in [0, 0.1) is 0 Å². The highest BCUT2D eigenvalue weighted by Gasteiger charge is 2.34. The zero-order valence-corrected chi connectivity index (χ0v) is 47.1. The Labute approximate surface area is 492 Å². The number of carbonyl (C=O) groups excluding carboxylic acids is 6. The summed E-state index contributed by atoms with van der Waals surface area (Å²) < 4.78 is 9.30.